The number of hydrogen-bond acceptors (Lipinski definition) is 12. The summed E-state index contributed by atoms with van der Waals surface area (Å²) in [7, 11) is -0.526. The highest BCUT2D eigenvalue weighted by Gasteiger charge is 2.52. The van der Waals surface area contributed by atoms with Crippen molar-refractivity contribution in [2.24, 2.45) is 0 Å². The molecule has 1 fully saturated rings. The Morgan fingerprint density at radius 3 is 1.71 bits per heavy atom. The van der Waals surface area contributed by atoms with Crippen LogP contribution < -0.4 is 11.0 Å². The maximum absolute atomic E-state index is 12.6. The van der Waals surface area contributed by atoms with Gasteiger partial charge in [0, 0.05) is 52.0 Å². The molecule has 0 aliphatic carbocycles. The molecule has 0 amide bonds. The monoisotopic (exact) mass is 922 g/mol. The van der Waals surface area contributed by atoms with Gasteiger partial charge in [-0.1, -0.05) is 120 Å². The first-order valence-corrected chi connectivity index (χ1v) is 21.8. The molecule has 0 saturated carbocycles. The largest absolute Gasteiger partial charge is 0.496 e. The number of ether oxygens (including phenoxy) is 2. The molecule has 1 aliphatic rings. The van der Waals surface area contributed by atoms with Crippen LogP contribution in [-0.4, -0.2) is 73.8 Å². The molecular weight excluding hydrogens is 878 g/mol. The summed E-state index contributed by atoms with van der Waals surface area (Å²) in [6.07, 6.45) is 6.18. The van der Waals surface area contributed by atoms with Gasteiger partial charge in [-0.3, -0.25) is 14.8 Å². The fourth-order valence-electron chi connectivity index (χ4n) is 7.08. The number of esters is 2. The van der Waals surface area contributed by atoms with Crippen molar-refractivity contribution in [3.8, 4) is 33.5 Å². The fraction of sp³-hybridized carbons (Fsp3) is 0.200. The van der Waals surface area contributed by atoms with Crippen molar-refractivity contribution in [1.82, 2.24) is 30.4 Å². The molecule has 1 aliphatic heterocycles. The van der Waals surface area contributed by atoms with Crippen LogP contribution in [0.1, 0.15) is 62.3 Å². The molecule has 16 heteroatoms. The lowest BCUT2D eigenvalue weighted by Gasteiger charge is -2.32. The maximum atomic E-state index is 12.6. The summed E-state index contributed by atoms with van der Waals surface area (Å²) in [5, 5.41) is 18.1. The number of rotatable bonds is 8. The van der Waals surface area contributed by atoms with Gasteiger partial charge in [0.05, 0.1) is 40.9 Å². The predicted octanol–water partition coefficient (Wildman–Crippen LogP) is 9.99. The van der Waals surface area contributed by atoms with Crippen LogP contribution in [0.4, 0.5) is 0 Å². The van der Waals surface area contributed by atoms with Crippen LogP contribution in [-0.2, 0) is 18.8 Å². The molecule has 0 spiro atoms. The van der Waals surface area contributed by atoms with Gasteiger partial charge in [-0.2, -0.15) is 5.10 Å². The van der Waals surface area contributed by atoms with Gasteiger partial charge in [0.2, 0.25) is 0 Å². The zero-order chi connectivity index (χ0) is 47.0. The van der Waals surface area contributed by atoms with E-state index < -0.39 is 30.3 Å². The molecule has 4 aromatic carbocycles. The van der Waals surface area contributed by atoms with E-state index in [0.29, 0.717) is 55.5 Å². The topological polar surface area (TPSA) is 168 Å². The molecule has 5 heterocycles. The number of hydrogen-bond donors (Lipinski definition) is 1. The third-order valence-corrected chi connectivity index (χ3v) is 11.6. The van der Waals surface area contributed by atoms with Gasteiger partial charge in [-0.25, -0.2) is 14.7 Å². The third-order valence-electron chi connectivity index (χ3n) is 11.0. The second-order valence-corrected chi connectivity index (χ2v) is 16.6. The minimum Gasteiger partial charge on any atom is -0.462 e. The van der Waals surface area contributed by atoms with Crippen molar-refractivity contribution in [1.29, 1.82) is 0 Å². The van der Waals surface area contributed by atoms with Gasteiger partial charge in [-0.15, -0.1) is 10.2 Å². The van der Waals surface area contributed by atoms with Crippen molar-refractivity contribution in [3.05, 3.63) is 166 Å². The Hall–Kier alpha value is -6.84. The first-order valence-electron chi connectivity index (χ1n) is 21.1. The number of pyridine rings is 2. The van der Waals surface area contributed by atoms with E-state index in [9.17, 15) is 14.4 Å². The minimum absolute atomic E-state index is 0.271. The highest BCUT2D eigenvalue weighted by atomic mass is 35.5. The summed E-state index contributed by atoms with van der Waals surface area (Å²) < 4.78 is 21.9. The zero-order valence-electron chi connectivity index (χ0n) is 37.0. The number of carbonyl (C=O) groups excluding carboxylic acids is 2. The van der Waals surface area contributed by atoms with Gasteiger partial charge in [0.15, 0.2) is 10.3 Å². The Morgan fingerprint density at radius 2 is 1.14 bits per heavy atom. The molecule has 9 rings (SSSR count). The van der Waals surface area contributed by atoms with E-state index in [1.54, 1.807) is 38.4 Å². The Labute approximate surface area is 391 Å². The second kappa shape index (κ2) is 20.6. The highest BCUT2D eigenvalue weighted by molar-refractivity contribution is 6.62. The number of aromatic nitrogens is 6. The van der Waals surface area contributed by atoms with Gasteiger partial charge in [0.1, 0.15) is 5.69 Å². The normalized spacial score (nSPS) is 13.5. The second-order valence-electron chi connectivity index (χ2n) is 15.9. The van der Waals surface area contributed by atoms with Crippen molar-refractivity contribution >= 4 is 69.3 Å². The van der Waals surface area contributed by atoms with Crippen LogP contribution in [0.5, 0.6) is 0 Å². The van der Waals surface area contributed by atoms with Gasteiger partial charge < -0.3 is 18.8 Å². The first kappa shape index (κ1) is 47.1. The summed E-state index contributed by atoms with van der Waals surface area (Å²) in [6, 6.07) is 34.5. The molecule has 1 N–H and O–H groups in total. The van der Waals surface area contributed by atoms with Crippen molar-refractivity contribution < 1.29 is 28.4 Å². The molecule has 0 unspecified atom stereocenters. The van der Waals surface area contributed by atoms with Crippen molar-refractivity contribution in [2.45, 2.75) is 52.7 Å². The Bertz CT molecular complexity index is 3070. The van der Waals surface area contributed by atoms with E-state index in [1.807, 2.05) is 125 Å². The van der Waals surface area contributed by atoms with E-state index in [-0.39, 0.29) is 12.2 Å². The van der Waals surface area contributed by atoms with Crippen LogP contribution in [0.15, 0.2) is 139 Å². The first-order chi connectivity index (χ1) is 31.7. The van der Waals surface area contributed by atoms with E-state index in [2.05, 4.69) is 30.4 Å². The molecule has 0 atom stereocenters. The van der Waals surface area contributed by atoms with Crippen LogP contribution in [0.25, 0.3) is 55.1 Å². The number of benzene rings is 4. The lowest BCUT2D eigenvalue weighted by molar-refractivity contribution is 0.00578. The molecule has 13 nitrogen and oxygen atoms in total. The summed E-state index contributed by atoms with van der Waals surface area (Å²) in [5.41, 5.74) is 5.36. The summed E-state index contributed by atoms with van der Waals surface area (Å²) >= 11 is 12.2. The molecular formula is C50H45BCl2N6O7. The van der Waals surface area contributed by atoms with Crippen LogP contribution in [0.3, 0.4) is 0 Å². The number of carbonyl (C=O) groups is 2. The SMILES string of the molecule is CCOC(=O)c1cncc(-c2n[nH]c(=O)c3c(-c4ccccc4)cccc23)c1.CCOC(=O)c1cncc(B2OC(C)(C)C(C)(C)O2)c1.Clc1nnc(Cl)c2c(-c3ccccc3)cccc12. The molecule has 66 heavy (non-hydrogen) atoms. The standard InChI is InChI=1S/C22H17N3O3.C14H20BNO4.C14H8Cl2N2/c1-2-28-22(27)16-11-15(12-23-13-16)20-18-10-6-9-17(14-7-4-3-5-8-14)19(18)21(26)25-24-20;1-6-18-12(17)10-7-11(9-16-8-10)15-19-13(2,3)14(4,5)20-15;15-13-11-8-4-7-10(9-5-2-1-3-6-9)12(11)14(16)18-17-13/h3-13H,2H2,1H3,(H,25,26);7-9H,6H2,1-5H3;1-8H. The number of fused-ring (bicyclic) bond motifs is 2. The number of halogens is 2. The molecule has 0 radical (unpaired) electrons. The number of H-pyrrole nitrogens is 1. The maximum Gasteiger partial charge on any atom is 0.496 e. The zero-order valence-corrected chi connectivity index (χ0v) is 38.6. The van der Waals surface area contributed by atoms with Gasteiger partial charge in [-0.05, 0) is 75.9 Å². The van der Waals surface area contributed by atoms with Gasteiger partial charge in [0.25, 0.3) is 5.56 Å². The lowest BCUT2D eigenvalue weighted by Crippen LogP contribution is -2.41. The Kier molecular flexibility index (Phi) is 14.7. The smallest absolute Gasteiger partial charge is 0.462 e. The van der Waals surface area contributed by atoms with Crippen LogP contribution in [0.2, 0.25) is 10.3 Å². The van der Waals surface area contributed by atoms with Crippen molar-refractivity contribution in [3.63, 3.8) is 0 Å². The number of nitrogens with one attached hydrogen (secondary N) is 1. The Morgan fingerprint density at radius 1 is 0.621 bits per heavy atom. The predicted molar refractivity (Wildman–Crippen MR) is 258 cm³/mol. The third kappa shape index (κ3) is 10.3. The molecule has 334 valence electrons. The van der Waals surface area contributed by atoms with E-state index in [1.165, 1.54) is 12.4 Å². The highest BCUT2D eigenvalue weighted by Crippen LogP contribution is 2.37. The lowest BCUT2D eigenvalue weighted by atomic mass is 9.80. The average molecular weight is 924 g/mol. The van der Waals surface area contributed by atoms with Gasteiger partial charge >= 0.3 is 19.1 Å². The van der Waals surface area contributed by atoms with E-state index in [0.717, 1.165) is 33.0 Å². The van der Waals surface area contributed by atoms with Crippen LogP contribution >= 0.6 is 23.2 Å². The summed E-state index contributed by atoms with van der Waals surface area (Å²) in [6.45, 7) is 12.1. The van der Waals surface area contributed by atoms with Crippen molar-refractivity contribution in [2.75, 3.05) is 13.2 Å². The fourth-order valence-corrected chi connectivity index (χ4v) is 7.52. The minimum atomic E-state index is -0.526. The number of nitrogens with zero attached hydrogens (tertiary/aromatic N) is 5. The van der Waals surface area contributed by atoms with E-state index >= 15 is 0 Å². The number of aromatic amines is 1. The summed E-state index contributed by atoms with van der Waals surface area (Å²) in [4.78, 5) is 44.6. The van der Waals surface area contributed by atoms with E-state index in [4.69, 9.17) is 42.0 Å². The molecule has 8 aromatic rings. The molecule has 1 saturated heterocycles. The average Bonchev–Trinajstić information content (AvgIpc) is 3.56. The molecule has 4 aromatic heterocycles. The summed E-state index contributed by atoms with van der Waals surface area (Å²) in [5.74, 6) is -0.839. The molecule has 0 bridgehead atoms. The van der Waals surface area contributed by atoms with Crippen LogP contribution in [0, 0.1) is 0 Å². The quantitative estimate of drug-likeness (QED) is 0.113. The Balaban J connectivity index is 0.000000152.